The molecule has 1 aromatic heterocycles. The molecule has 9 heteroatoms. The Balaban J connectivity index is 2.15. The molecule has 126 valence electrons. The minimum Gasteiger partial charge on any atom is -0.467 e. The molecule has 0 saturated heterocycles. The molecule has 23 heavy (non-hydrogen) atoms. The minimum absolute atomic E-state index is 0.157. The van der Waals surface area contributed by atoms with Crippen LogP contribution < -0.4 is 9.46 Å². The van der Waals surface area contributed by atoms with Gasteiger partial charge in [0.1, 0.15) is 0 Å². The number of sulfonamides is 1. The van der Waals surface area contributed by atoms with Crippen LogP contribution in [0.3, 0.4) is 0 Å². The van der Waals surface area contributed by atoms with Gasteiger partial charge < -0.3 is 4.74 Å². The summed E-state index contributed by atoms with van der Waals surface area (Å²) in [6, 6.07) is 6.58. The Morgan fingerprint density at radius 1 is 1.39 bits per heavy atom. The van der Waals surface area contributed by atoms with E-state index in [0.717, 1.165) is 0 Å². The van der Waals surface area contributed by atoms with Crippen molar-refractivity contribution in [1.82, 2.24) is 19.5 Å². The Bertz CT molecular complexity index is 776. The van der Waals surface area contributed by atoms with Gasteiger partial charge in [-0.05, 0) is 31.5 Å². The molecular formula is C14H19ClN4O3S. The first kappa shape index (κ1) is 17.7. The van der Waals surface area contributed by atoms with Crippen molar-refractivity contribution < 1.29 is 13.2 Å². The number of rotatable bonds is 7. The third kappa shape index (κ3) is 4.43. The van der Waals surface area contributed by atoms with Crippen LogP contribution in [0.25, 0.3) is 0 Å². The van der Waals surface area contributed by atoms with Gasteiger partial charge in [0.2, 0.25) is 10.0 Å². The summed E-state index contributed by atoms with van der Waals surface area (Å²) < 4.78 is 34.1. The van der Waals surface area contributed by atoms with Crippen LogP contribution in [0.15, 0.2) is 24.3 Å². The molecule has 0 unspecified atom stereocenters. The molecule has 7 nitrogen and oxygen atoms in total. The Kier molecular flexibility index (Phi) is 5.61. The Hall–Kier alpha value is -1.64. The second-order valence-corrected chi connectivity index (χ2v) is 7.21. The second-order valence-electron chi connectivity index (χ2n) is 5.02. The van der Waals surface area contributed by atoms with Gasteiger partial charge in [-0.3, -0.25) is 4.57 Å². The SMILES string of the molecule is CCn1c(OC)nnc1[C@@H](C)NS(=O)(=O)Cc1cccc(Cl)c1. The summed E-state index contributed by atoms with van der Waals surface area (Å²) in [5, 5.41) is 8.39. The third-order valence-electron chi connectivity index (χ3n) is 3.23. The molecule has 1 N–H and O–H groups in total. The molecule has 0 aliphatic carbocycles. The van der Waals surface area contributed by atoms with Crippen molar-refractivity contribution in [2.75, 3.05) is 7.11 Å². The average Bonchev–Trinajstić information content (AvgIpc) is 2.89. The molecule has 0 amide bonds. The monoisotopic (exact) mass is 358 g/mol. The van der Waals surface area contributed by atoms with E-state index in [9.17, 15) is 8.42 Å². The predicted octanol–water partition coefficient (Wildman–Crippen LogP) is 2.14. The van der Waals surface area contributed by atoms with Crippen molar-refractivity contribution in [1.29, 1.82) is 0 Å². The zero-order valence-electron chi connectivity index (χ0n) is 13.2. The molecule has 0 spiro atoms. The quantitative estimate of drug-likeness (QED) is 0.819. The summed E-state index contributed by atoms with van der Waals surface area (Å²) in [6.07, 6.45) is 0. The van der Waals surface area contributed by atoms with Gasteiger partial charge in [-0.2, -0.15) is 0 Å². The normalized spacial score (nSPS) is 13.0. The highest BCUT2D eigenvalue weighted by Gasteiger charge is 2.22. The number of methoxy groups -OCH3 is 1. The molecule has 1 aromatic carbocycles. The average molecular weight is 359 g/mol. The van der Waals surface area contributed by atoms with E-state index in [1.807, 2.05) is 6.92 Å². The predicted molar refractivity (Wildman–Crippen MR) is 87.9 cm³/mol. The van der Waals surface area contributed by atoms with Gasteiger partial charge >= 0.3 is 6.01 Å². The van der Waals surface area contributed by atoms with E-state index >= 15 is 0 Å². The fourth-order valence-corrected chi connectivity index (χ4v) is 3.84. The van der Waals surface area contributed by atoms with E-state index in [4.69, 9.17) is 16.3 Å². The number of halogens is 1. The number of hydrogen-bond acceptors (Lipinski definition) is 5. The van der Waals surface area contributed by atoms with Crippen LogP contribution in [0.1, 0.15) is 31.3 Å². The Labute approximate surface area is 140 Å². The molecule has 0 saturated carbocycles. The van der Waals surface area contributed by atoms with Gasteiger partial charge in [-0.15, -0.1) is 5.10 Å². The van der Waals surface area contributed by atoms with E-state index in [-0.39, 0.29) is 5.75 Å². The maximum Gasteiger partial charge on any atom is 0.316 e. The fourth-order valence-electron chi connectivity index (χ4n) is 2.28. The fraction of sp³-hybridized carbons (Fsp3) is 0.429. The van der Waals surface area contributed by atoms with Crippen LogP contribution in [0, 0.1) is 0 Å². The number of nitrogens with zero attached hydrogens (tertiary/aromatic N) is 3. The van der Waals surface area contributed by atoms with Crippen molar-refractivity contribution in [3.8, 4) is 6.01 Å². The number of nitrogens with one attached hydrogen (secondary N) is 1. The largest absolute Gasteiger partial charge is 0.467 e. The van der Waals surface area contributed by atoms with Crippen molar-refractivity contribution in [2.45, 2.75) is 32.2 Å². The lowest BCUT2D eigenvalue weighted by Crippen LogP contribution is -2.30. The topological polar surface area (TPSA) is 86.1 Å². The lowest BCUT2D eigenvalue weighted by molar-refractivity contribution is 0.354. The summed E-state index contributed by atoms with van der Waals surface area (Å²) in [5.74, 6) is 0.342. The number of benzene rings is 1. The summed E-state index contributed by atoms with van der Waals surface area (Å²) in [7, 11) is -2.06. The van der Waals surface area contributed by atoms with Crippen LogP contribution >= 0.6 is 11.6 Å². The van der Waals surface area contributed by atoms with Crippen molar-refractivity contribution >= 4 is 21.6 Å². The van der Waals surface area contributed by atoms with Gasteiger partial charge in [-0.25, -0.2) is 13.1 Å². The molecule has 1 atom stereocenters. The van der Waals surface area contributed by atoms with Crippen LogP contribution in [-0.4, -0.2) is 30.3 Å². The molecule has 2 aromatic rings. The van der Waals surface area contributed by atoms with E-state index in [1.54, 1.807) is 35.8 Å². The van der Waals surface area contributed by atoms with Crippen LogP contribution in [-0.2, 0) is 22.3 Å². The molecule has 0 radical (unpaired) electrons. The van der Waals surface area contributed by atoms with Gasteiger partial charge in [0.15, 0.2) is 5.82 Å². The molecular weight excluding hydrogens is 340 g/mol. The highest BCUT2D eigenvalue weighted by Crippen LogP contribution is 2.19. The second kappa shape index (κ2) is 7.29. The minimum atomic E-state index is -3.55. The van der Waals surface area contributed by atoms with Crippen LogP contribution in [0.2, 0.25) is 5.02 Å². The number of aromatic nitrogens is 3. The molecule has 0 aliphatic rings. The van der Waals surface area contributed by atoms with Crippen LogP contribution in [0.5, 0.6) is 6.01 Å². The summed E-state index contributed by atoms with van der Waals surface area (Å²) >= 11 is 5.88. The summed E-state index contributed by atoms with van der Waals surface area (Å²) in [6.45, 7) is 4.19. The summed E-state index contributed by atoms with van der Waals surface area (Å²) in [5.41, 5.74) is 0.617. The standard InChI is InChI=1S/C14H19ClN4O3S/c1-4-19-13(16-17-14(19)22-3)10(2)18-23(20,21)9-11-6-5-7-12(15)8-11/h5-8,10,18H,4,9H2,1-3H3/t10-/m1/s1. The molecule has 0 bridgehead atoms. The van der Waals surface area contributed by atoms with E-state index < -0.39 is 16.1 Å². The van der Waals surface area contributed by atoms with Gasteiger partial charge in [-0.1, -0.05) is 28.8 Å². The van der Waals surface area contributed by atoms with Crippen molar-refractivity contribution in [3.63, 3.8) is 0 Å². The smallest absolute Gasteiger partial charge is 0.316 e. The number of hydrogen-bond donors (Lipinski definition) is 1. The zero-order valence-corrected chi connectivity index (χ0v) is 14.7. The van der Waals surface area contributed by atoms with Gasteiger partial charge in [0.05, 0.1) is 18.9 Å². The van der Waals surface area contributed by atoms with Gasteiger partial charge in [0, 0.05) is 11.6 Å². The first-order valence-corrected chi connectivity index (χ1v) is 9.11. The molecule has 1 heterocycles. The number of ether oxygens (including phenoxy) is 1. The zero-order chi connectivity index (χ0) is 17.0. The lowest BCUT2D eigenvalue weighted by Gasteiger charge is -2.15. The van der Waals surface area contributed by atoms with Crippen molar-refractivity contribution in [3.05, 3.63) is 40.7 Å². The first-order chi connectivity index (χ1) is 10.9. The van der Waals surface area contributed by atoms with Gasteiger partial charge in [0.25, 0.3) is 0 Å². The van der Waals surface area contributed by atoms with Crippen molar-refractivity contribution in [2.24, 2.45) is 0 Å². The maximum atomic E-state index is 12.3. The molecule has 2 rings (SSSR count). The summed E-state index contributed by atoms with van der Waals surface area (Å²) in [4.78, 5) is 0. The highest BCUT2D eigenvalue weighted by molar-refractivity contribution is 7.88. The molecule has 0 aliphatic heterocycles. The molecule has 0 fully saturated rings. The highest BCUT2D eigenvalue weighted by atomic mass is 35.5. The van der Waals surface area contributed by atoms with Crippen LogP contribution in [0.4, 0.5) is 0 Å². The Morgan fingerprint density at radius 2 is 2.13 bits per heavy atom. The first-order valence-electron chi connectivity index (χ1n) is 7.07. The van der Waals surface area contributed by atoms with E-state index in [2.05, 4.69) is 14.9 Å². The Morgan fingerprint density at radius 3 is 2.74 bits per heavy atom. The third-order valence-corrected chi connectivity index (χ3v) is 4.89. The van der Waals surface area contributed by atoms with E-state index in [1.165, 1.54) is 7.11 Å². The lowest BCUT2D eigenvalue weighted by atomic mass is 10.2. The maximum absolute atomic E-state index is 12.3. The van der Waals surface area contributed by atoms with E-state index in [0.29, 0.717) is 29.0 Å².